The van der Waals surface area contributed by atoms with E-state index >= 15 is 0 Å². The van der Waals surface area contributed by atoms with Crippen LogP contribution < -0.4 is 0 Å². The van der Waals surface area contributed by atoms with Crippen LogP contribution in [0.5, 0.6) is 5.75 Å². The molecule has 0 aliphatic rings. The van der Waals surface area contributed by atoms with Gasteiger partial charge in [0, 0.05) is 43.7 Å². The molecule has 0 aliphatic carbocycles. The van der Waals surface area contributed by atoms with Crippen molar-refractivity contribution in [2.24, 2.45) is 0 Å². The van der Waals surface area contributed by atoms with Crippen molar-refractivity contribution in [3.8, 4) is 56.3 Å². The van der Waals surface area contributed by atoms with Crippen LogP contribution in [0.25, 0.3) is 105 Å². The first-order chi connectivity index (χ1) is 29.6. The summed E-state index contributed by atoms with van der Waals surface area (Å²) in [5.74, 6) is 1.03. The van der Waals surface area contributed by atoms with Crippen LogP contribution in [0, 0.1) is 6.07 Å². The molecule has 4 aromatic heterocycles. The van der Waals surface area contributed by atoms with E-state index in [0.29, 0.717) is 22.6 Å². The molecule has 0 bridgehead atoms. The zero-order chi connectivity index (χ0) is 41.6. The second-order valence-electron chi connectivity index (χ2n) is 17.3. The normalized spacial score (nSPS) is 12.0. The summed E-state index contributed by atoms with van der Waals surface area (Å²) in [4.78, 5) is 10.3. The molecule has 0 aliphatic heterocycles. The fourth-order valence-electron chi connectivity index (χ4n) is 8.78. The van der Waals surface area contributed by atoms with Crippen molar-refractivity contribution in [3.05, 3.63) is 169 Å². The fourth-order valence-corrected chi connectivity index (χ4v) is 8.78. The monoisotopic (exact) mass is 987 g/mol. The van der Waals surface area contributed by atoms with Crippen LogP contribution >= 0.6 is 0 Å². The van der Waals surface area contributed by atoms with Gasteiger partial charge in [0.05, 0.1) is 33.5 Å². The predicted octanol–water partition coefficient (Wildman–Crippen LogP) is 14.8. The van der Waals surface area contributed by atoms with E-state index in [2.05, 4.69) is 130 Å². The molecule has 0 amide bonds. The van der Waals surface area contributed by atoms with Gasteiger partial charge in [-0.2, -0.15) is 0 Å². The third-order valence-electron chi connectivity index (χ3n) is 12.0. The molecular formula is C55H42N3O3Pt-. The van der Waals surface area contributed by atoms with Crippen LogP contribution in [0.4, 0.5) is 0 Å². The molecule has 0 radical (unpaired) electrons. The van der Waals surface area contributed by atoms with Gasteiger partial charge in [-0.25, -0.2) is 4.98 Å². The van der Waals surface area contributed by atoms with E-state index in [-0.39, 0.29) is 38.1 Å². The molecule has 1 N–H and O–H groups in total. The fraction of sp³-hybridized carbons (Fsp3) is 0.127. The first-order valence-electron chi connectivity index (χ1n) is 20.8. The Kier molecular flexibility index (Phi) is 9.53. The number of aromatic hydroxyl groups is 1. The SMILES string of the molecule is CC(C)c1cc(-c2ccccc2)ccc1-n1c(-c2ccc(C(C)(C)C)cc2O)nc2c3c(ccc21)oc1ccc(-c2cc(-c4ccc5c(c4)oc4ccccc45)ccn2)[c-]c13.[Pt]. The molecule has 0 saturated heterocycles. The Morgan fingerprint density at radius 2 is 1.37 bits per heavy atom. The molecule has 11 aromatic rings. The average Bonchev–Trinajstić information content (AvgIpc) is 3.97. The quantitative estimate of drug-likeness (QED) is 0.168. The number of nitrogens with zero attached hydrogens (tertiary/aromatic N) is 3. The Bertz CT molecular complexity index is 3520. The van der Waals surface area contributed by atoms with Crippen LogP contribution in [0.3, 0.4) is 0 Å². The number of para-hydroxylation sites is 1. The third kappa shape index (κ3) is 6.53. The number of imidazole rings is 1. The van der Waals surface area contributed by atoms with Gasteiger partial charge in [0.1, 0.15) is 22.7 Å². The van der Waals surface area contributed by atoms with Gasteiger partial charge in [0.2, 0.25) is 0 Å². The van der Waals surface area contributed by atoms with Crippen LogP contribution in [-0.2, 0) is 26.5 Å². The molecule has 6 nitrogen and oxygen atoms in total. The Morgan fingerprint density at radius 3 is 2.18 bits per heavy atom. The van der Waals surface area contributed by atoms with Crippen molar-refractivity contribution in [1.82, 2.24) is 14.5 Å². The number of phenols is 1. The van der Waals surface area contributed by atoms with E-state index in [9.17, 15) is 5.11 Å². The van der Waals surface area contributed by atoms with Crippen molar-refractivity contribution in [3.63, 3.8) is 0 Å². The molecule has 7 heteroatoms. The number of hydrogen-bond acceptors (Lipinski definition) is 5. The minimum Gasteiger partial charge on any atom is -0.507 e. The van der Waals surface area contributed by atoms with Gasteiger partial charge < -0.3 is 13.9 Å². The number of pyridine rings is 1. The molecule has 7 aromatic carbocycles. The second-order valence-corrected chi connectivity index (χ2v) is 17.3. The number of rotatable bonds is 6. The minimum atomic E-state index is -0.139. The summed E-state index contributed by atoms with van der Waals surface area (Å²) in [6.07, 6.45) is 1.85. The molecule has 0 fully saturated rings. The number of hydrogen-bond donors (Lipinski definition) is 1. The number of fused-ring (bicyclic) bond motifs is 8. The van der Waals surface area contributed by atoms with Crippen molar-refractivity contribution in [1.29, 1.82) is 0 Å². The number of furan rings is 2. The smallest absolute Gasteiger partial charge is 0.148 e. The average molecular weight is 988 g/mol. The van der Waals surface area contributed by atoms with Gasteiger partial charge in [0.25, 0.3) is 0 Å². The van der Waals surface area contributed by atoms with Gasteiger partial charge in [-0.15, -0.1) is 12.1 Å². The Balaban J connectivity index is 0.00000458. The molecule has 306 valence electrons. The van der Waals surface area contributed by atoms with E-state index in [0.717, 1.165) is 88.5 Å². The Labute approximate surface area is 373 Å². The summed E-state index contributed by atoms with van der Waals surface area (Å²) >= 11 is 0. The zero-order valence-electron chi connectivity index (χ0n) is 34.9. The van der Waals surface area contributed by atoms with Crippen molar-refractivity contribution >= 4 is 54.9 Å². The van der Waals surface area contributed by atoms with Crippen molar-refractivity contribution in [2.75, 3.05) is 0 Å². The molecule has 62 heavy (non-hydrogen) atoms. The zero-order valence-corrected chi connectivity index (χ0v) is 37.2. The van der Waals surface area contributed by atoms with Crippen LogP contribution in [0.1, 0.15) is 51.7 Å². The first kappa shape index (κ1) is 39.4. The van der Waals surface area contributed by atoms with Crippen LogP contribution in [0.15, 0.2) is 161 Å². The summed E-state index contributed by atoms with van der Waals surface area (Å²) in [7, 11) is 0. The summed E-state index contributed by atoms with van der Waals surface area (Å²) < 4.78 is 14.9. The molecule has 0 saturated carbocycles. The van der Waals surface area contributed by atoms with Gasteiger partial charge in [-0.1, -0.05) is 124 Å². The van der Waals surface area contributed by atoms with Crippen molar-refractivity contribution < 1.29 is 35.0 Å². The number of aromatic nitrogens is 3. The topological polar surface area (TPSA) is 77.2 Å². The number of benzene rings is 7. The minimum absolute atomic E-state index is 0. The van der Waals surface area contributed by atoms with Gasteiger partial charge in [0.15, 0.2) is 0 Å². The second kappa shape index (κ2) is 15.0. The molecule has 0 atom stereocenters. The molecule has 0 unspecified atom stereocenters. The third-order valence-corrected chi connectivity index (χ3v) is 12.0. The maximum Gasteiger partial charge on any atom is 0.148 e. The van der Waals surface area contributed by atoms with Gasteiger partial charge in [-0.3, -0.25) is 9.55 Å². The van der Waals surface area contributed by atoms with E-state index < -0.39 is 0 Å². The van der Waals surface area contributed by atoms with E-state index in [4.69, 9.17) is 18.8 Å². The van der Waals surface area contributed by atoms with Gasteiger partial charge >= 0.3 is 0 Å². The maximum absolute atomic E-state index is 11.8. The van der Waals surface area contributed by atoms with Crippen LogP contribution in [-0.4, -0.2) is 19.6 Å². The van der Waals surface area contributed by atoms with E-state index in [1.807, 2.05) is 66.9 Å². The van der Waals surface area contributed by atoms with Crippen molar-refractivity contribution in [2.45, 2.75) is 46.0 Å². The summed E-state index contributed by atoms with van der Waals surface area (Å²) in [5, 5.41) is 15.7. The molecule has 4 heterocycles. The maximum atomic E-state index is 11.8. The van der Waals surface area contributed by atoms with Crippen LogP contribution in [0.2, 0.25) is 0 Å². The molecular weight excluding hydrogens is 946 g/mol. The first-order valence-corrected chi connectivity index (χ1v) is 20.8. The summed E-state index contributed by atoms with van der Waals surface area (Å²) in [5.41, 5.74) is 14.6. The largest absolute Gasteiger partial charge is 0.507 e. The van der Waals surface area contributed by atoms with E-state index in [1.165, 1.54) is 5.56 Å². The summed E-state index contributed by atoms with van der Waals surface area (Å²) in [6, 6.07) is 53.5. The van der Waals surface area contributed by atoms with E-state index in [1.54, 1.807) is 0 Å². The predicted molar refractivity (Wildman–Crippen MR) is 248 cm³/mol. The molecule has 0 spiro atoms. The standard InChI is InChI=1S/C55H42N3O3.Pt/c1-32(2)42-27-34(33-11-7-6-8-12-33)16-21-45(42)58-46-22-24-50-52(53(46)57-54(58)41-20-18-38(31-47(41)59)55(3,4)5)43-28-37(17-23-49(43)60-50)44-29-36(25-26-56-44)35-15-19-40-39-13-9-10-14-48(39)61-51(40)30-35;/h6-27,29-32,59H,1-5H3;/q-1;. The Morgan fingerprint density at radius 1 is 0.645 bits per heavy atom. The Hall–Kier alpha value is -6.75. The van der Waals surface area contributed by atoms with Gasteiger partial charge in [-0.05, 0) is 111 Å². The molecule has 11 rings (SSSR count). The summed E-state index contributed by atoms with van der Waals surface area (Å²) in [6.45, 7) is 10.9. The number of phenolic OH excluding ortho intramolecular Hbond substituents is 1.